The molecule has 1 aromatic rings. The lowest BCUT2D eigenvalue weighted by Crippen LogP contribution is -2.40. The zero-order valence-electron chi connectivity index (χ0n) is 10.1. The van der Waals surface area contributed by atoms with Crippen LogP contribution in [0.25, 0.3) is 0 Å². The second-order valence-corrected chi connectivity index (χ2v) is 6.84. The molecule has 0 amide bonds. The number of hydrogen-bond donors (Lipinski definition) is 2. The normalized spacial score (nSPS) is 15.4. The molecule has 0 aliphatic heterocycles. The Hall–Kier alpha value is -0.500. The zero-order valence-corrected chi connectivity index (χ0v) is 12.5. The molecule has 1 rings (SSSR count). The van der Waals surface area contributed by atoms with Crippen LogP contribution in [0.5, 0.6) is 0 Å². The monoisotopic (exact) mass is 339 g/mol. The summed E-state index contributed by atoms with van der Waals surface area (Å²) < 4.78 is 39.2. The predicted molar refractivity (Wildman–Crippen MR) is 70.2 cm³/mol. The molecule has 2 N–H and O–H groups in total. The summed E-state index contributed by atoms with van der Waals surface area (Å²) in [6.07, 6.45) is 0.417. The second-order valence-electron chi connectivity index (χ2n) is 4.25. The molecule has 0 saturated carbocycles. The average Bonchev–Trinajstić information content (AvgIpc) is 2.26. The standard InChI is InChI=1S/C11H15BrFNO3S/c1-3-11(2,15)7-14-18(16,17)10-5-4-8(13)6-9(10)12/h4-6,14-15H,3,7H2,1-2H3. The summed E-state index contributed by atoms with van der Waals surface area (Å²) in [5, 5.41) is 9.75. The highest BCUT2D eigenvalue weighted by Gasteiger charge is 2.23. The van der Waals surface area contributed by atoms with Crippen molar-refractivity contribution in [3.05, 3.63) is 28.5 Å². The average molecular weight is 340 g/mol. The highest BCUT2D eigenvalue weighted by Crippen LogP contribution is 2.22. The molecule has 0 radical (unpaired) electrons. The molecular weight excluding hydrogens is 325 g/mol. The van der Waals surface area contributed by atoms with E-state index in [0.29, 0.717) is 6.42 Å². The highest BCUT2D eigenvalue weighted by molar-refractivity contribution is 9.10. The first-order valence-electron chi connectivity index (χ1n) is 5.35. The van der Waals surface area contributed by atoms with Crippen LogP contribution in [0.3, 0.4) is 0 Å². The summed E-state index contributed by atoms with van der Waals surface area (Å²) in [4.78, 5) is -0.0594. The van der Waals surface area contributed by atoms with E-state index in [1.165, 1.54) is 13.0 Å². The maximum absolute atomic E-state index is 12.9. The van der Waals surface area contributed by atoms with Crippen molar-refractivity contribution in [2.45, 2.75) is 30.8 Å². The van der Waals surface area contributed by atoms with Crippen LogP contribution in [0.1, 0.15) is 20.3 Å². The Morgan fingerprint density at radius 3 is 2.61 bits per heavy atom. The quantitative estimate of drug-likeness (QED) is 0.862. The van der Waals surface area contributed by atoms with Gasteiger partial charge >= 0.3 is 0 Å². The van der Waals surface area contributed by atoms with Crippen molar-refractivity contribution in [1.82, 2.24) is 4.72 Å². The summed E-state index contributed by atoms with van der Waals surface area (Å²) in [6, 6.07) is 3.31. The first-order valence-corrected chi connectivity index (χ1v) is 7.63. The number of halogens is 2. The van der Waals surface area contributed by atoms with E-state index in [9.17, 15) is 17.9 Å². The van der Waals surface area contributed by atoms with Gasteiger partial charge < -0.3 is 5.11 Å². The number of nitrogens with one attached hydrogen (secondary N) is 1. The zero-order chi connectivity index (χ0) is 14.0. The smallest absolute Gasteiger partial charge is 0.241 e. The third-order valence-electron chi connectivity index (χ3n) is 2.59. The molecule has 0 fully saturated rings. The van der Waals surface area contributed by atoms with E-state index in [-0.39, 0.29) is 15.9 Å². The van der Waals surface area contributed by atoms with Gasteiger partial charge in [0.2, 0.25) is 10.0 Å². The van der Waals surface area contributed by atoms with E-state index in [1.54, 1.807) is 6.92 Å². The largest absolute Gasteiger partial charge is 0.389 e. The van der Waals surface area contributed by atoms with Crippen LogP contribution in [-0.4, -0.2) is 25.7 Å². The fourth-order valence-corrected chi connectivity index (χ4v) is 3.36. The van der Waals surface area contributed by atoms with E-state index in [1.807, 2.05) is 0 Å². The Kier molecular flexibility index (Phi) is 4.88. The summed E-state index contributed by atoms with van der Waals surface area (Å²) in [7, 11) is -3.77. The molecule has 1 atom stereocenters. The van der Waals surface area contributed by atoms with Crippen molar-refractivity contribution in [3.63, 3.8) is 0 Å². The molecule has 4 nitrogen and oxygen atoms in total. The minimum absolute atomic E-state index is 0.0594. The fourth-order valence-electron chi connectivity index (χ4n) is 1.15. The van der Waals surface area contributed by atoms with Crippen molar-refractivity contribution in [2.75, 3.05) is 6.54 Å². The lowest BCUT2D eigenvalue weighted by Gasteiger charge is -2.21. The van der Waals surface area contributed by atoms with Gasteiger partial charge in [-0.2, -0.15) is 0 Å². The van der Waals surface area contributed by atoms with Crippen LogP contribution in [0, 0.1) is 5.82 Å². The van der Waals surface area contributed by atoms with Gasteiger partial charge in [0, 0.05) is 11.0 Å². The fraction of sp³-hybridized carbons (Fsp3) is 0.455. The summed E-state index contributed by atoms with van der Waals surface area (Å²) in [6.45, 7) is 3.19. The lowest BCUT2D eigenvalue weighted by atomic mass is 10.1. The first kappa shape index (κ1) is 15.6. The van der Waals surface area contributed by atoms with Crippen LogP contribution >= 0.6 is 15.9 Å². The van der Waals surface area contributed by atoms with Crippen molar-refractivity contribution >= 4 is 26.0 Å². The van der Waals surface area contributed by atoms with Crippen molar-refractivity contribution in [2.24, 2.45) is 0 Å². The van der Waals surface area contributed by atoms with E-state index in [2.05, 4.69) is 20.7 Å². The van der Waals surface area contributed by atoms with E-state index >= 15 is 0 Å². The Morgan fingerprint density at radius 2 is 2.11 bits per heavy atom. The minimum atomic E-state index is -3.77. The maximum Gasteiger partial charge on any atom is 0.241 e. The van der Waals surface area contributed by atoms with Crippen molar-refractivity contribution < 1.29 is 17.9 Å². The van der Waals surface area contributed by atoms with Gasteiger partial charge in [0.1, 0.15) is 5.82 Å². The van der Waals surface area contributed by atoms with Gasteiger partial charge in [-0.3, -0.25) is 0 Å². The van der Waals surface area contributed by atoms with Gasteiger partial charge in [0.05, 0.1) is 10.5 Å². The van der Waals surface area contributed by atoms with Crippen molar-refractivity contribution in [3.8, 4) is 0 Å². The third-order valence-corrected chi connectivity index (χ3v) is 4.97. The first-order chi connectivity index (χ1) is 8.18. The molecule has 0 saturated heterocycles. The lowest BCUT2D eigenvalue weighted by molar-refractivity contribution is 0.0613. The summed E-state index contributed by atoms with van der Waals surface area (Å²) in [5.41, 5.74) is -1.11. The Labute approximate surface area is 114 Å². The van der Waals surface area contributed by atoms with Gasteiger partial charge in [-0.25, -0.2) is 17.5 Å². The van der Waals surface area contributed by atoms with Gasteiger partial charge in [0.25, 0.3) is 0 Å². The minimum Gasteiger partial charge on any atom is -0.389 e. The van der Waals surface area contributed by atoms with Crippen molar-refractivity contribution in [1.29, 1.82) is 0 Å². The molecule has 1 unspecified atom stereocenters. The van der Waals surface area contributed by atoms with E-state index < -0.39 is 21.4 Å². The number of benzene rings is 1. The molecule has 0 bridgehead atoms. The molecule has 102 valence electrons. The molecule has 18 heavy (non-hydrogen) atoms. The molecule has 7 heteroatoms. The number of hydrogen-bond acceptors (Lipinski definition) is 3. The van der Waals surface area contributed by atoms with Crippen LogP contribution in [0.2, 0.25) is 0 Å². The second kappa shape index (κ2) is 5.64. The van der Waals surface area contributed by atoms with Crippen LogP contribution in [0.4, 0.5) is 4.39 Å². The predicted octanol–water partition coefficient (Wildman–Crippen LogP) is 2.03. The van der Waals surface area contributed by atoms with Crippen LogP contribution in [-0.2, 0) is 10.0 Å². The molecule has 0 spiro atoms. The molecule has 0 heterocycles. The SMILES string of the molecule is CCC(C)(O)CNS(=O)(=O)c1ccc(F)cc1Br. The third kappa shape index (κ3) is 4.01. The Morgan fingerprint density at radius 1 is 1.50 bits per heavy atom. The Balaban J connectivity index is 2.94. The molecule has 1 aromatic carbocycles. The number of rotatable bonds is 5. The molecule has 0 aliphatic rings. The van der Waals surface area contributed by atoms with E-state index in [0.717, 1.165) is 12.1 Å². The molecule has 0 aromatic heterocycles. The molecule has 0 aliphatic carbocycles. The topological polar surface area (TPSA) is 66.4 Å². The number of aliphatic hydroxyl groups is 1. The van der Waals surface area contributed by atoms with E-state index in [4.69, 9.17) is 0 Å². The highest BCUT2D eigenvalue weighted by atomic mass is 79.9. The maximum atomic E-state index is 12.9. The number of sulfonamides is 1. The van der Waals surface area contributed by atoms with Crippen LogP contribution < -0.4 is 4.72 Å². The molecular formula is C11H15BrFNO3S. The summed E-state index contributed by atoms with van der Waals surface area (Å²) in [5.74, 6) is -0.527. The van der Waals surface area contributed by atoms with Gasteiger partial charge in [-0.05, 0) is 47.5 Å². The van der Waals surface area contributed by atoms with Gasteiger partial charge in [-0.15, -0.1) is 0 Å². The van der Waals surface area contributed by atoms with Gasteiger partial charge in [0.15, 0.2) is 0 Å². The Bertz CT molecular complexity index is 531. The van der Waals surface area contributed by atoms with Crippen LogP contribution in [0.15, 0.2) is 27.6 Å². The van der Waals surface area contributed by atoms with Gasteiger partial charge in [-0.1, -0.05) is 6.92 Å². The summed E-state index contributed by atoms with van der Waals surface area (Å²) >= 11 is 3.00.